The van der Waals surface area contributed by atoms with Gasteiger partial charge in [0.2, 0.25) is 5.91 Å². The Balaban J connectivity index is 1.27. The Bertz CT molecular complexity index is 1720. The number of carbonyl (C=O) groups excluding carboxylic acids is 2. The van der Waals surface area contributed by atoms with Gasteiger partial charge in [-0.25, -0.2) is 13.4 Å². The van der Waals surface area contributed by atoms with Crippen LogP contribution in [0, 0.1) is 0 Å². The molecule has 0 radical (unpaired) electrons. The van der Waals surface area contributed by atoms with Crippen molar-refractivity contribution in [1.29, 1.82) is 0 Å². The number of aromatic nitrogens is 6. The Hall–Kier alpha value is -3.44. The first-order valence-electron chi connectivity index (χ1n) is 13.0. The number of nitrogens with zero attached hydrogens (tertiary/aromatic N) is 6. The first-order chi connectivity index (χ1) is 19.6. The van der Waals surface area contributed by atoms with Crippen LogP contribution in [0.25, 0.3) is 10.9 Å². The number of piperazine rings is 1. The van der Waals surface area contributed by atoms with Gasteiger partial charge in [0.15, 0.2) is 10.8 Å². The van der Waals surface area contributed by atoms with Crippen molar-refractivity contribution in [2.24, 2.45) is 5.73 Å². The van der Waals surface area contributed by atoms with Crippen LogP contribution in [0.3, 0.4) is 0 Å². The second-order valence-electron chi connectivity index (χ2n) is 10.1. The third-order valence-corrected chi connectivity index (χ3v) is 10.7. The van der Waals surface area contributed by atoms with E-state index in [4.69, 9.17) is 17.3 Å². The number of nitrogens with one attached hydrogen (secondary N) is 3. The highest BCUT2D eigenvalue weighted by Crippen LogP contribution is 2.33. The molecule has 3 atom stereocenters. The minimum absolute atomic E-state index is 0.0539. The Morgan fingerprint density at radius 2 is 2.07 bits per heavy atom. The van der Waals surface area contributed by atoms with Gasteiger partial charge in [-0.15, -0.1) is 21.5 Å². The average Bonchev–Trinajstić information content (AvgIpc) is 3.70. The molecule has 2 aliphatic heterocycles. The number of aryl methyl sites for hydroxylation is 1. The van der Waals surface area contributed by atoms with Crippen molar-refractivity contribution >= 4 is 55.7 Å². The van der Waals surface area contributed by atoms with E-state index in [-0.39, 0.29) is 41.6 Å². The van der Waals surface area contributed by atoms with E-state index in [1.54, 1.807) is 29.2 Å². The molecule has 0 aliphatic carbocycles. The van der Waals surface area contributed by atoms with E-state index in [9.17, 15) is 18.0 Å². The summed E-state index contributed by atoms with van der Waals surface area (Å²) in [5, 5.41) is 18.7. The molecule has 17 heteroatoms. The zero-order chi connectivity index (χ0) is 28.9. The van der Waals surface area contributed by atoms with Crippen molar-refractivity contribution in [2.45, 2.75) is 49.3 Å². The number of benzene rings is 1. The maximum Gasteiger partial charge on any atom is 0.283 e. The number of tetrazole rings is 1. The van der Waals surface area contributed by atoms with Crippen LogP contribution in [-0.4, -0.2) is 91.7 Å². The summed E-state index contributed by atoms with van der Waals surface area (Å²) in [6, 6.07) is 5.98. The first kappa shape index (κ1) is 27.7. The van der Waals surface area contributed by atoms with E-state index in [1.165, 1.54) is 15.6 Å². The van der Waals surface area contributed by atoms with Crippen molar-refractivity contribution in [3.63, 3.8) is 0 Å². The predicted molar refractivity (Wildman–Crippen MR) is 150 cm³/mol. The van der Waals surface area contributed by atoms with Gasteiger partial charge in [0.25, 0.3) is 15.9 Å². The SMILES string of the molecule is CC1NCc2sc(C(=O)N3CCN(S(=O)(=O)c4cc5cc(Cl)ccc5[nH]4)CC3CCc3nn[nH]n3)nc2C1C(N)=O. The minimum atomic E-state index is -3.91. The molecule has 216 valence electrons. The number of hydrogen-bond donors (Lipinski definition) is 4. The molecule has 1 aromatic carbocycles. The van der Waals surface area contributed by atoms with Gasteiger partial charge in [0.1, 0.15) is 5.03 Å². The summed E-state index contributed by atoms with van der Waals surface area (Å²) in [5.74, 6) is -1.01. The molecule has 2 amide bonds. The lowest BCUT2D eigenvalue weighted by atomic mass is 9.93. The molecule has 3 unspecified atom stereocenters. The molecule has 1 fully saturated rings. The maximum absolute atomic E-state index is 13.8. The fraction of sp³-hybridized carbons (Fsp3) is 0.417. The van der Waals surface area contributed by atoms with Gasteiger partial charge in [-0.05, 0) is 37.6 Å². The van der Waals surface area contributed by atoms with Crippen LogP contribution in [0.1, 0.15) is 45.5 Å². The van der Waals surface area contributed by atoms with Crippen LogP contribution < -0.4 is 11.1 Å². The van der Waals surface area contributed by atoms with Gasteiger partial charge in [-0.1, -0.05) is 16.8 Å². The van der Waals surface area contributed by atoms with Gasteiger partial charge >= 0.3 is 0 Å². The second-order valence-corrected chi connectivity index (χ2v) is 13.6. The molecule has 0 bridgehead atoms. The lowest BCUT2D eigenvalue weighted by Crippen LogP contribution is -2.56. The average molecular weight is 619 g/mol. The number of sulfonamides is 1. The Morgan fingerprint density at radius 3 is 2.83 bits per heavy atom. The lowest BCUT2D eigenvalue weighted by Gasteiger charge is -2.40. The van der Waals surface area contributed by atoms with Crippen molar-refractivity contribution in [1.82, 2.24) is 45.1 Å². The van der Waals surface area contributed by atoms with Crippen LogP contribution in [0.4, 0.5) is 0 Å². The summed E-state index contributed by atoms with van der Waals surface area (Å²) in [5.41, 5.74) is 6.83. The topological polar surface area (TPSA) is 196 Å². The van der Waals surface area contributed by atoms with Gasteiger partial charge in [0, 0.05) is 65.5 Å². The van der Waals surface area contributed by atoms with Crippen LogP contribution >= 0.6 is 22.9 Å². The molecule has 41 heavy (non-hydrogen) atoms. The third kappa shape index (κ3) is 5.21. The molecule has 4 aromatic rings. The fourth-order valence-electron chi connectivity index (χ4n) is 5.44. The molecular formula is C24H27ClN10O4S2. The molecule has 3 aromatic heterocycles. The van der Waals surface area contributed by atoms with Gasteiger partial charge in [-0.2, -0.15) is 9.52 Å². The number of hydrogen-bond acceptors (Lipinski definition) is 10. The zero-order valence-corrected chi connectivity index (χ0v) is 24.3. The third-order valence-electron chi connectivity index (χ3n) is 7.57. The van der Waals surface area contributed by atoms with Crippen LogP contribution in [0.5, 0.6) is 0 Å². The summed E-state index contributed by atoms with van der Waals surface area (Å²) in [7, 11) is -3.91. The number of rotatable bonds is 7. The Morgan fingerprint density at radius 1 is 1.24 bits per heavy atom. The van der Waals surface area contributed by atoms with Gasteiger partial charge in [-0.3, -0.25) is 9.59 Å². The molecule has 14 nitrogen and oxygen atoms in total. The van der Waals surface area contributed by atoms with E-state index < -0.39 is 27.9 Å². The normalized spacial score (nSPS) is 21.7. The van der Waals surface area contributed by atoms with Crippen LogP contribution in [0.2, 0.25) is 5.02 Å². The summed E-state index contributed by atoms with van der Waals surface area (Å²) < 4.78 is 28.8. The summed E-state index contributed by atoms with van der Waals surface area (Å²) in [6.45, 7) is 2.65. The van der Waals surface area contributed by atoms with Crippen molar-refractivity contribution < 1.29 is 18.0 Å². The highest BCUT2D eigenvalue weighted by atomic mass is 35.5. The summed E-state index contributed by atoms with van der Waals surface area (Å²) in [6.07, 6.45) is 0.774. The molecular weight excluding hydrogens is 592 g/mol. The Kier molecular flexibility index (Phi) is 7.27. The molecule has 5 heterocycles. The fourth-order valence-corrected chi connectivity index (χ4v) is 8.11. The minimum Gasteiger partial charge on any atom is -0.369 e. The molecule has 0 spiro atoms. The van der Waals surface area contributed by atoms with Crippen LogP contribution in [-0.2, 0) is 27.8 Å². The quantitative estimate of drug-likeness (QED) is 0.233. The number of aromatic amines is 2. The highest BCUT2D eigenvalue weighted by molar-refractivity contribution is 7.89. The predicted octanol–water partition coefficient (Wildman–Crippen LogP) is 1.000. The van der Waals surface area contributed by atoms with E-state index in [0.29, 0.717) is 46.8 Å². The second kappa shape index (κ2) is 10.8. The number of nitrogens with two attached hydrogens (primary N) is 1. The number of thiazole rings is 1. The maximum atomic E-state index is 13.8. The zero-order valence-electron chi connectivity index (χ0n) is 21.9. The van der Waals surface area contributed by atoms with Crippen molar-refractivity contribution in [3.05, 3.63) is 50.7 Å². The monoisotopic (exact) mass is 618 g/mol. The molecule has 5 N–H and O–H groups in total. The number of carbonyl (C=O) groups is 2. The number of amides is 2. The molecule has 6 rings (SSSR count). The lowest BCUT2D eigenvalue weighted by molar-refractivity contribution is -0.120. The highest BCUT2D eigenvalue weighted by Gasteiger charge is 2.40. The van der Waals surface area contributed by atoms with Crippen molar-refractivity contribution in [3.8, 4) is 0 Å². The first-order valence-corrected chi connectivity index (χ1v) is 15.6. The standard InChI is InChI=1S/C24H27ClN10O4S2/c1-12-20(22(26)36)21-17(10-27-12)40-23(29-21)24(37)35-7-6-34(11-15(35)3-5-18-30-32-33-31-18)41(38,39)19-9-13-8-14(25)2-4-16(13)28-19/h2,4,8-9,12,15,20,27-28H,3,5-7,10-11H2,1H3,(H2,26,36)(H,30,31,32,33). The number of H-pyrrole nitrogens is 2. The van der Waals surface area contributed by atoms with Crippen molar-refractivity contribution in [2.75, 3.05) is 19.6 Å². The van der Waals surface area contributed by atoms with E-state index >= 15 is 0 Å². The molecule has 1 saturated heterocycles. The number of fused-ring (bicyclic) bond motifs is 2. The largest absolute Gasteiger partial charge is 0.369 e. The molecule has 0 saturated carbocycles. The van der Waals surface area contributed by atoms with E-state index in [0.717, 1.165) is 4.88 Å². The Labute approximate surface area is 243 Å². The van der Waals surface area contributed by atoms with E-state index in [1.807, 2.05) is 6.92 Å². The van der Waals surface area contributed by atoms with Gasteiger partial charge in [0.05, 0.1) is 11.6 Å². The summed E-state index contributed by atoms with van der Waals surface area (Å²) in [4.78, 5) is 36.0. The van der Waals surface area contributed by atoms with Crippen LogP contribution in [0.15, 0.2) is 29.3 Å². The number of primary amides is 1. The smallest absolute Gasteiger partial charge is 0.283 e. The van der Waals surface area contributed by atoms with E-state index in [2.05, 4.69) is 35.9 Å². The number of halogens is 1. The van der Waals surface area contributed by atoms with Gasteiger partial charge < -0.3 is 20.9 Å². The summed E-state index contributed by atoms with van der Waals surface area (Å²) >= 11 is 7.31. The molecule has 2 aliphatic rings.